The molecule has 0 radical (unpaired) electrons. The summed E-state index contributed by atoms with van der Waals surface area (Å²) in [5, 5.41) is 7.49. The van der Waals surface area contributed by atoms with Crippen molar-refractivity contribution in [1.82, 2.24) is 14.6 Å². The van der Waals surface area contributed by atoms with E-state index in [0.717, 1.165) is 0 Å². The Balaban J connectivity index is 1.66. The molecule has 3 aromatic rings. The molecule has 1 aliphatic heterocycles. The zero-order chi connectivity index (χ0) is 17.4. The van der Waals surface area contributed by atoms with Crippen LogP contribution in [0.25, 0.3) is 16.9 Å². The molecule has 2 aromatic heterocycles. The third kappa shape index (κ3) is 3.21. The topological polar surface area (TPSA) is 76.4 Å². The molecule has 4 rings (SSSR count). The smallest absolute Gasteiger partial charge is 0.157 e. The fourth-order valence-corrected chi connectivity index (χ4v) is 4.99. The van der Waals surface area contributed by atoms with Gasteiger partial charge in [0, 0.05) is 24.2 Å². The summed E-state index contributed by atoms with van der Waals surface area (Å²) in [7, 11) is -2.91. The number of nitrogens with one attached hydrogen (secondary N) is 1. The second-order valence-electron chi connectivity index (χ2n) is 6.26. The number of halogens is 1. The van der Waals surface area contributed by atoms with Crippen LogP contribution in [0.5, 0.6) is 0 Å². The number of benzene rings is 1. The van der Waals surface area contributed by atoms with Gasteiger partial charge in [0.2, 0.25) is 0 Å². The monoisotopic (exact) mass is 360 g/mol. The summed E-state index contributed by atoms with van der Waals surface area (Å²) in [6.45, 7) is 0.523. The highest BCUT2D eigenvalue weighted by Crippen LogP contribution is 2.25. The number of hydrogen-bond donors (Lipinski definition) is 1. The van der Waals surface area contributed by atoms with Gasteiger partial charge in [-0.05, 0) is 24.5 Å². The van der Waals surface area contributed by atoms with E-state index in [4.69, 9.17) is 0 Å². The standard InChI is InChI=1S/C17H17FN4O2S/c18-14-4-2-1-3-13(14)15-9-17(22-16(21-15)5-7-20-22)19-10-12-6-8-25(23,24)11-12/h1-5,7,9,12,19H,6,8,10-11H2/t12-/m0/s1. The molecule has 6 nitrogen and oxygen atoms in total. The normalized spacial score (nSPS) is 19.3. The fraction of sp³-hybridized carbons (Fsp3) is 0.294. The van der Waals surface area contributed by atoms with E-state index < -0.39 is 9.84 Å². The molecule has 0 amide bonds. The van der Waals surface area contributed by atoms with E-state index in [1.165, 1.54) is 6.07 Å². The minimum absolute atomic E-state index is 0.0701. The van der Waals surface area contributed by atoms with Crippen molar-refractivity contribution in [3.05, 3.63) is 48.4 Å². The first-order valence-corrected chi connectivity index (χ1v) is 9.88. The van der Waals surface area contributed by atoms with Gasteiger partial charge in [-0.1, -0.05) is 12.1 Å². The van der Waals surface area contributed by atoms with Crippen molar-refractivity contribution in [2.45, 2.75) is 6.42 Å². The largest absolute Gasteiger partial charge is 0.370 e. The average Bonchev–Trinajstić information content (AvgIpc) is 3.19. The summed E-state index contributed by atoms with van der Waals surface area (Å²) in [6.07, 6.45) is 2.28. The molecule has 8 heteroatoms. The van der Waals surface area contributed by atoms with Gasteiger partial charge in [-0.15, -0.1) is 0 Å². The Kier molecular flexibility index (Phi) is 3.91. The zero-order valence-electron chi connectivity index (χ0n) is 13.4. The van der Waals surface area contributed by atoms with Crippen LogP contribution in [0.4, 0.5) is 10.2 Å². The van der Waals surface area contributed by atoms with Gasteiger partial charge in [-0.2, -0.15) is 9.61 Å². The Labute approximate surface area is 144 Å². The maximum atomic E-state index is 14.1. The van der Waals surface area contributed by atoms with Gasteiger partial charge >= 0.3 is 0 Å². The Bertz CT molecular complexity index is 1030. The molecule has 1 fully saturated rings. The van der Waals surface area contributed by atoms with E-state index in [1.54, 1.807) is 41.0 Å². The minimum atomic E-state index is -2.91. The van der Waals surface area contributed by atoms with Crippen molar-refractivity contribution < 1.29 is 12.8 Å². The fourth-order valence-electron chi connectivity index (χ4n) is 3.13. The number of anilines is 1. The van der Waals surface area contributed by atoms with Crippen molar-refractivity contribution in [2.24, 2.45) is 5.92 Å². The SMILES string of the molecule is O=S1(=O)CC[C@@H](CNc2cc(-c3ccccc3F)nc3ccnn23)C1. The summed E-state index contributed by atoms with van der Waals surface area (Å²) in [6, 6.07) is 9.95. The van der Waals surface area contributed by atoms with Crippen molar-refractivity contribution >= 4 is 21.3 Å². The molecule has 0 spiro atoms. The molecule has 25 heavy (non-hydrogen) atoms. The van der Waals surface area contributed by atoms with Crippen LogP contribution in [0.3, 0.4) is 0 Å². The first-order chi connectivity index (χ1) is 12.0. The summed E-state index contributed by atoms with van der Waals surface area (Å²) >= 11 is 0. The molecule has 0 bridgehead atoms. The first-order valence-electron chi connectivity index (χ1n) is 8.06. The third-order valence-corrected chi connectivity index (χ3v) is 6.24. The number of rotatable bonds is 4. The molecule has 1 aliphatic rings. The van der Waals surface area contributed by atoms with E-state index in [1.807, 2.05) is 0 Å². The van der Waals surface area contributed by atoms with Gasteiger partial charge < -0.3 is 5.32 Å². The van der Waals surface area contributed by atoms with Crippen LogP contribution in [0.2, 0.25) is 0 Å². The predicted molar refractivity (Wildman–Crippen MR) is 93.6 cm³/mol. The highest BCUT2D eigenvalue weighted by Gasteiger charge is 2.27. The summed E-state index contributed by atoms with van der Waals surface area (Å²) in [5.74, 6) is 0.839. The van der Waals surface area contributed by atoms with Gasteiger partial charge in [0.15, 0.2) is 15.5 Å². The molecule has 0 saturated carbocycles. The van der Waals surface area contributed by atoms with Crippen LogP contribution < -0.4 is 5.32 Å². The van der Waals surface area contributed by atoms with E-state index >= 15 is 0 Å². The molecular weight excluding hydrogens is 343 g/mol. The Hall–Kier alpha value is -2.48. The highest BCUT2D eigenvalue weighted by molar-refractivity contribution is 7.91. The van der Waals surface area contributed by atoms with Gasteiger partial charge in [-0.25, -0.2) is 17.8 Å². The van der Waals surface area contributed by atoms with Crippen LogP contribution >= 0.6 is 0 Å². The van der Waals surface area contributed by atoms with Crippen molar-refractivity contribution in [1.29, 1.82) is 0 Å². The lowest BCUT2D eigenvalue weighted by Crippen LogP contribution is -2.17. The van der Waals surface area contributed by atoms with Crippen LogP contribution in [-0.4, -0.2) is 41.1 Å². The maximum absolute atomic E-state index is 14.1. The van der Waals surface area contributed by atoms with Crippen LogP contribution in [0.1, 0.15) is 6.42 Å². The summed E-state index contributed by atoms with van der Waals surface area (Å²) in [4.78, 5) is 4.45. The number of hydrogen-bond acceptors (Lipinski definition) is 5. The lowest BCUT2D eigenvalue weighted by molar-refractivity contribution is 0.595. The van der Waals surface area contributed by atoms with Crippen molar-refractivity contribution in [2.75, 3.05) is 23.4 Å². The van der Waals surface area contributed by atoms with E-state index in [2.05, 4.69) is 15.4 Å². The first kappa shape index (κ1) is 16.0. The minimum Gasteiger partial charge on any atom is -0.370 e. The summed E-state index contributed by atoms with van der Waals surface area (Å²) < 4.78 is 38.9. The Morgan fingerprint density at radius 1 is 1.28 bits per heavy atom. The molecule has 1 N–H and O–H groups in total. The average molecular weight is 360 g/mol. The van der Waals surface area contributed by atoms with E-state index in [-0.39, 0.29) is 23.2 Å². The van der Waals surface area contributed by atoms with E-state index in [9.17, 15) is 12.8 Å². The lowest BCUT2D eigenvalue weighted by Gasteiger charge is -2.13. The van der Waals surface area contributed by atoms with Crippen molar-refractivity contribution in [3.8, 4) is 11.3 Å². The number of aromatic nitrogens is 3. The third-order valence-electron chi connectivity index (χ3n) is 4.41. The number of nitrogens with zero attached hydrogens (tertiary/aromatic N) is 3. The van der Waals surface area contributed by atoms with Crippen molar-refractivity contribution in [3.63, 3.8) is 0 Å². The van der Waals surface area contributed by atoms with Crippen LogP contribution in [0, 0.1) is 11.7 Å². The second-order valence-corrected chi connectivity index (χ2v) is 8.49. The summed E-state index contributed by atoms with van der Waals surface area (Å²) in [5.41, 5.74) is 1.52. The molecule has 1 atom stereocenters. The Morgan fingerprint density at radius 2 is 2.12 bits per heavy atom. The number of fused-ring (bicyclic) bond motifs is 1. The molecule has 0 aliphatic carbocycles. The van der Waals surface area contributed by atoms with Crippen LogP contribution in [-0.2, 0) is 9.84 Å². The van der Waals surface area contributed by atoms with E-state index in [0.29, 0.717) is 35.7 Å². The zero-order valence-corrected chi connectivity index (χ0v) is 14.2. The van der Waals surface area contributed by atoms with Gasteiger partial charge in [0.1, 0.15) is 11.6 Å². The molecule has 130 valence electrons. The van der Waals surface area contributed by atoms with Crippen LogP contribution in [0.15, 0.2) is 42.6 Å². The van der Waals surface area contributed by atoms with Gasteiger partial charge in [0.25, 0.3) is 0 Å². The molecule has 1 aromatic carbocycles. The lowest BCUT2D eigenvalue weighted by atomic mass is 10.1. The maximum Gasteiger partial charge on any atom is 0.157 e. The highest BCUT2D eigenvalue weighted by atomic mass is 32.2. The van der Waals surface area contributed by atoms with Gasteiger partial charge in [0.05, 0.1) is 23.4 Å². The molecule has 3 heterocycles. The number of sulfone groups is 1. The molecule has 1 saturated heterocycles. The molecule has 0 unspecified atom stereocenters. The van der Waals surface area contributed by atoms with Gasteiger partial charge in [-0.3, -0.25) is 0 Å². The Morgan fingerprint density at radius 3 is 2.88 bits per heavy atom. The quantitative estimate of drug-likeness (QED) is 0.773. The second kappa shape index (κ2) is 6.11. The molecular formula is C17H17FN4O2S. The predicted octanol–water partition coefficient (Wildman–Crippen LogP) is 2.38.